The highest BCUT2D eigenvalue weighted by Crippen LogP contribution is 2.34. The number of nitrogens with zero attached hydrogens (tertiary/aromatic N) is 4. The molecule has 154 valence electrons. The lowest BCUT2D eigenvalue weighted by atomic mass is 10.0. The molecule has 0 aliphatic heterocycles. The number of pyridine rings is 3. The molecule has 0 aliphatic carbocycles. The highest BCUT2D eigenvalue weighted by Gasteiger charge is 2.16. The van der Waals surface area contributed by atoms with Gasteiger partial charge in [0.25, 0.3) is 0 Å². The SMILES string of the molecule is Cc1cc(F)cc(-c2nccc3[nH]c(-c4n[nH]c5cnc(-c6cccnc6)cc45)cc23)c1. The standard InChI is InChI=1S/C25H17FN6/c1-14-7-16(9-17(26)8-14)24-18-11-22(30-20(18)4-6-28-24)25-19-10-21(15-3-2-5-27-12-15)29-13-23(19)31-32-25/h2-13,30H,1H3,(H,31,32). The second-order valence-electron chi connectivity index (χ2n) is 7.75. The van der Waals surface area contributed by atoms with E-state index in [2.05, 4.69) is 30.1 Å². The van der Waals surface area contributed by atoms with E-state index in [4.69, 9.17) is 0 Å². The fourth-order valence-corrected chi connectivity index (χ4v) is 4.08. The van der Waals surface area contributed by atoms with Gasteiger partial charge in [0.05, 0.1) is 28.8 Å². The first-order valence-corrected chi connectivity index (χ1v) is 10.2. The van der Waals surface area contributed by atoms with Crippen LogP contribution in [0.5, 0.6) is 0 Å². The minimum Gasteiger partial charge on any atom is -0.353 e. The Morgan fingerprint density at radius 1 is 0.812 bits per heavy atom. The second-order valence-corrected chi connectivity index (χ2v) is 7.75. The third kappa shape index (κ3) is 3.02. The average Bonchev–Trinajstić information content (AvgIpc) is 3.42. The predicted octanol–water partition coefficient (Wildman–Crippen LogP) is 5.68. The topological polar surface area (TPSA) is 83.1 Å². The van der Waals surface area contributed by atoms with E-state index in [0.717, 1.165) is 61.3 Å². The number of benzene rings is 1. The summed E-state index contributed by atoms with van der Waals surface area (Å²) in [7, 11) is 0. The van der Waals surface area contributed by atoms with Crippen LogP contribution in [0, 0.1) is 12.7 Å². The first kappa shape index (κ1) is 18.4. The van der Waals surface area contributed by atoms with Gasteiger partial charge >= 0.3 is 0 Å². The summed E-state index contributed by atoms with van der Waals surface area (Å²) in [5.74, 6) is -0.275. The van der Waals surface area contributed by atoms with Gasteiger partial charge in [-0.3, -0.25) is 20.1 Å². The maximum Gasteiger partial charge on any atom is 0.124 e. The molecule has 2 N–H and O–H groups in total. The molecule has 0 saturated heterocycles. The summed E-state index contributed by atoms with van der Waals surface area (Å²) < 4.78 is 14.0. The van der Waals surface area contributed by atoms with Gasteiger partial charge in [-0.15, -0.1) is 0 Å². The molecule has 6 aromatic rings. The fourth-order valence-electron chi connectivity index (χ4n) is 4.08. The molecule has 0 radical (unpaired) electrons. The molecule has 1 aromatic carbocycles. The summed E-state index contributed by atoms with van der Waals surface area (Å²) in [6.45, 7) is 1.87. The van der Waals surface area contributed by atoms with Gasteiger partial charge < -0.3 is 4.98 Å². The van der Waals surface area contributed by atoms with E-state index in [1.54, 1.807) is 24.8 Å². The molecular weight excluding hydrogens is 403 g/mol. The Balaban J connectivity index is 1.52. The fraction of sp³-hybridized carbons (Fsp3) is 0.0400. The van der Waals surface area contributed by atoms with Crippen molar-refractivity contribution in [3.63, 3.8) is 0 Å². The molecule has 0 saturated carbocycles. The van der Waals surface area contributed by atoms with Crippen molar-refractivity contribution in [2.75, 3.05) is 0 Å². The van der Waals surface area contributed by atoms with Crippen molar-refractivity contribution < 1.29 is 4.39 Å². The van der Waals surface area contributed by atoms with Crippen LogP contribution in [0.25, 0.3) is 55.7 Å². The minimum absolute atomic E-state index is 0.275. The van der Waals surface area contributed by atoms with Crippen LogP contribution in [0.1, 0.15) is 5.56 Å². The van der Waals surface area contributed by atoms with E-state index in [0.29, 0.717) is 0 Å². The average molecular weight is 420 g/mol. The van der Waals surface area contributed by atoms with Crippen LogP contribution in [0.3, 0.4) is 0 Å². The number of hydrogen-bond acceptors (Lipinski definition) is 4. The van der Waals surface area contributed by atoms with Crippen LogP contribution < -0.4 is 0 Å². The summed E-state index contributed by atoms with van der Waals surface area (Å²) in [6.07, 6.45) is 7.03. The summed E-state index contributed by atoms with van der Waals surface area (Å²) in [5, 5.41) is 9.44. The number of hydrogen-bond donors (Lipinski definition) is 2. The summed E-state index contributed by atoms with van der Waals surface area (Å²) in [6, 6.07) is 14.7. The van der Waals surface area contributed by atoms with Gasteiger partial charge in [-0.05, 0) is 61.0 Å². The predicted molar refractivity (Wildman–Crippen MR) is 122 cm³/mol. The van der Waals surface area contributed by atoms with Crippen molar-refractivity contribution in [3.05, 3.63) is 84.7 Å². The van der Waals surface area contributed by atoms with Gasteiger partial charge in [0.15, 0.2) is 0 Å². The smallest absolute Gasteiger partial charge is 0.124 e. The second kappa shape index (κ2) is 7.09. The van der Waals surface area contributed by atoms with Gasteiger partial charge in [-0.25, -0.2) is 4.39 Å². The molecule has 32 heavy (non-hydrogen) atoms. The van der Waals surface area contributed by atoms with Gasteiger partial charge in [-0.1, -0.05) is 0 Å². The Morgan fingerprint density at radius 3 is 2.56 bits per heavy atom. The molecule has 0 spiro atoms. The molecular formula is C25H17FN6. The number of aromatic nitrogens is 6. The minimum atomic E-state index is -0.275. The van der Waals surface area contributed by atoms with E-state index in [1.807, 2.05) is 43.3 Å². The largest absolute Gasteiger partial charge is 0.353 e. The van der Waals surface area contributed by atoms with Crippen molar-refractivity contribution in [1.82, 2.24) is 30.1 Å². The van der Waals surface area contributed by atoms with Crippen LogP contribution in [-0.4, -0.2) is 30.1 Å². The van der Waals surface area contributed by atoms with Gasteiger partial charge in [0, 0.05) is 46.0 Å². The van der Waals surface area contributed by atoms with Gasteiger partial charge in [0.2, 0.25) is 0 Å². The number of aryl methyl sites for hydroxylation is 1. The summed E-state index contributed by atoms with van der Waals surface area (Å²) in [5.41, 5.74) is 7.45. The quantitative estimate of drug-likeness (QED) is 0.386. The first-order chi connectivity index (χ1) is 15.7. The lowest BCUT2D eigenvalue weighted by Gasteiger charge is -2.04. The zero-order valence-corrected chi connectivity index (χ0v) is 17.1. The van der Waals surface area contributed by atoms with Crippen molar-refractivity contribution >= 4 is 21.8 Å². The molecule has 0 atom stereocenters. The lowest BCUT2D eigenvalue weighted by Crippen LogP contribution is -1.87. The molecule has 0 aliphatic rings. The zero-order valence-electron chi connectivity index (χ0n) is 17.1. The third-order valence-electron chi connectivity index (χ3n) is 5.52. The van der Waals surface area contributed by atoms with Crippen LogP contribution in [0.2, 0.25) is 0 Å². The number of H-pyrrole nitrogens is 2. The molecule has 6 rings (SSSR count). The maximum atomic E-state index is 14.0. The summed E-state index contributed by atoms with van der Waals surface area (Å²) >= 11 is 0. The molecule has 7 heteroatoms. The van der Waals surface area contributed by atoms with E-state index in [9.17, 15) is 4.39 Å². The van der Waals surface area contributed by atoms with Crippen LogP contribution in [0.4, 0.5) is 4.39 Å². The Morgan fingerprint density at radius 2 is 1.72 bits per heavy atom. The zero-order chi connectivity index (χ0) is 21.7. The third-order valence-corrected chi connectivity index (χ3v) is 5.52. The number of aromatic amines is 2. The van der Waals surface area contributed by atoms with Crippen molar-refractivity contribution in [3.8, 4) is 33.9 Å². The Hall–Kier alpha value is -4.39. The molecule has 6 nitrogen and oxygen atoms in total. The van der Waals surface area contributed by atoms with E-state index >= 15 is 0 Å². The number of nitrogens with one attached hydrogen (secondary N) is 2. The van der Waals surface area contributed by atoms with E-state index in [1.165, 1.54) is 12.1 Å². The number of halogens is 1. The molecule has 5 heterocycles. The monoisotopic (exact) mass is 420 g/mol. The van der Waals surface area contributed by atoms with Gasteiger partial charge in [0.1, 0.15) is 11.5 Å². The Bertz CT molecular complexity index is 1580. The number of rotatable bonds is 3. The van der Waals surface area contributed by atoms with E-state index in [-0.39, 0.29) is 5.82 Å². The number of fused-ring (bicyclic) bond motifs is 2. The van der Waals surface area contributed by atoms with Gasteiger partial charge in [-0.2, -0.15) is 5.10 Å². The van der Waals surface area contributed by atoms with Crippen molar-refractivity contribution in [1.29, 1.82) is 0 Å². The van der Waals surface area contributed by atoms with Crippen LogP contribution >= 0.6 is 0 Å². The van der Waals surface area contributed by atoms with Crippen molar-refractivity contribution in [2.24, 2.45) is 0 Å². The highest BCUT2D eigenvalue weighted by molar-refractivity contribution is 6.00. The van der Waals surface area contributed by atoms with Crippen molar-refractivity contribution in [2.45, 2.75) is 6.92 Å². The summed E-state index contributed by atoms with van der Waals surface area (Å²) in [4.78, 5) is 16.7. The Labute approximate surface area is 182 Å². The first-order valence-electron chi connectivity index (χ1n) is 10.2. The molecule has 5 aromatic heterocycles. The molecule has 0 bridgehead atoms. The molecule has 0 unspecified atom stereocenters. The normalized spacial score (nSPS) is 11.4. The van der Waals surface area contributed by atoms with Crippen LogP contribution in [0.15, 0.2) is 73.3 Å². The maximum absolute atomic E-state index is 14.0. The molecule has 0 fully saturated rings. The molecule has 0 amide bonds. The lowest BCUT2D eigenvalue weighted by molar-refractivity contribution is 0.627. The van der Waals surface area contributed by atoms with Crippen LogP contribution in [-0.2, 0) is 0 Å². The highest BCUT2D eigenvalue weighted by atomic mass is 19.1. The Kier molecular flexibility index (Phi) is 4.07. The van der Waals surface area contributed by atoms with E-state index < -0.39 is 0 Å².